The number of fused-ring (bicyclic) bond motifs is 2. The van der Waals surface area contributed by atoms with Crippen LogP contribution >= 0.6 is 11.6 Å². The Kier molecular flexibility index (Phi) is 4.58. The van der Waals surface area contributed by atoms with Crippen molar-refractivity contribution in [3.63, 3.8) is 0 Å². The molecule has 0 spiro atoms. The first-order valence-corrected chi connectivity index (χ1v) is 8.87. The summed E-state index contributed by atoms with van der Waals surface area (Å²) in [7, 11) is 0. The number of carbonyl (C=O) groups excluding carboxylic acids is 2. The molecule has 2 fully saturated rings. The molecule has 2 amide bonds. The quantitative estimate of drug-likeness (QED) is 0.808. The van der Waals surface area contributed by atoms with Crippen molar-refractivity contribution in [2.45, 2.75) is 40.0 Å². The van der Waals surface area contributed by atoms with Gasteiger partial charge < -0.3 is 5.32 Å². The molecule has 2 saturated carbocycles. The molecule has 0 aliphatic heterocycles. The van der Waals surface area contributed by atoms with Gasteiger partial charge in [-0.1, -0.05) is 32.4 Å². The highest BCUT2D eigenvalue weighted by Crippen LogP contribution is 2.63. The minimum atomic E-state index is -0.446. The zero-order chi connectivity index (χ0) is 18.2. The Morgan fingerprint density at radius 1 is 1.40 bits per heavy atom. The smallest absolute Gasteiger partial charge is 0.270 e. The second-order valence-electron chi connectivity index (χ2n) is 7.63. The lowest BCUT2D eigenvalue weighted by Crippen LogP contribution is -2.37. The molecule has 3 rings (SSSR count). The van der Waals surface area contributed by atoms with E-state index in [0.29, 0.717) is 10.9 Å². The Bertz CT molecular complexity index is 746. The van der Waals surface area contributed by atoms with E-state index >= 15 is 0 Å². The van der Waals surface area contributed by atoms with Gasteiger partial charge in [-0.2, -0.15) is 5.10 Å². The van der Waals surface area contributed by atoms with Gasteiger partial charge in [0.05, 0.1) is 6.54 Å². The summed E-state index contributed by atoms with van der Waals surface area (Å²) in [5.74, 6) is -0.174. The zero-order valence-electron chi connectivity index (χ0n) is 14.7. The Labute approximate surface area is 152 Å². The molecule has 0 aromatic carbocycles. The predicted octanol–water partition coefficient (Wildman–Crippen LogP) is 2.78. The van der Waals surface area contributed by atoms with Gasteiger partial charge in [0.2, 0.25) is 0 Å². The molecule has 25 heavy (non-hydrogen) atoms. The van der Waals surface area contributed by atoms with E-state index in [1.165, 1.54) is 18.7 Å². The van der Waals surface area contributed by atoms with Crippen molar-refractivity contribution in [1.29, 1.82) is 0 Å². The molecule has 2 aliphatic rings. The van der Waals surface area contributed by atoms with Gasteiger partial charge in [-0.25, -0.2) is 5.43 Å². The maximum absolute atomic E-state index is 12.0. The molecule has 2 N–H and O–H groups in total. The molecule has 6 nitrogen and oxygen atoms in total. The molecule has 134 valence electrons. The van der Waals surface area contributed by atoms with Crippen molar-refractivity contribution < 1.29 is 9.59 Å². The average Bonchev–Trinajstić information content (AvgIpc) is 2.91. The molecular weight excluding hydrogens is 340 g/mol. The third kappa shape index (κ3) is 3.15. The van der Waals surface area contributed by atoms with Crippen LogP contribution in [-0.2, 0) is 4.79 Å². The predicted molar refractivity (Wildman–Crippen MR) is 96.4 cm³/mol. The first-order chi connectivity index (χ1) is 11.7. The molecule has 0 saturated heterocycles. The molecule has 1 aromatic heterocycles. The number of halogens is 1. The summed E-state index contributed by atoms with van der Waals surface area (Å²) in [5, 5.41) is 7.31. The van der Waals surface area contributed by atoms with Crippen molar-refractivity contribution >= 4 is 29.1 Å². The molecule has 1 aromatic rings. The number of amides is 2. The molecule has 0 unspecified atom stereocenters. The number of hydrogen-bond acceptors (Lipinski definition) is 4. The van der Waals surface area contributed by atoms with Gasteiger partial charge in [-0.3, -0.25) is 14.6 Å². The van der Waals surface area contributed by atoms with E-state index in [0.717, 1.165) is 18.6 Å². The summed E-state index contributed by atoms with van der Waals surface area (Å²) >= 11 is 5.82. The van der Waals surface area contributed by atoms with E-state index in [-0.39, 0.29) is 29.0 Å². The summed E-state index contributed by atoms with van der Waals surface area (Å²) in [6.45, 7) is 6.64. The van der Waals surface area contributed by atoms with Crippen LogP contribution in [0.15, 0.2) is 23.4 Å². The van der Waals surface area contributed by atoms with Crippen LogP contribution in [0.3, 0.4) is 0 Å². The highest BCUT2D eigenvalue weighted by atomic mass is 35.5. The molecule has 2 atom stereocenters. The van der Waals surface area contributed by atoms with E-state index < -0.39 is 5.91 Å². The van der Waals surface area contributed by atoms with E-state index in [1.54, 1.807) is 6.07 Å². The number of hydrazone groups is 1. The SMILES string of the molecule is CC1(C)[C@@H]2CC[C@@]1(C)/C(=N/NC(=O)CNC(=O)c1cc(Cl)ccn1)C2. The zero-order valence-corrected chi connectivity index (χ0v) is 15.5. The van der Waals surface area contributed by atoms with Crippen molar-refractivity contribution in [3.8, 4) is 0 Å². The van der Waals surface area contributed by atoms with Crippen LogP contribution in [0.4, 0.5) is 0 Å². The fraction of sp³-hybridized carbons (Fsp3) is 0.556. The van der Waals surface area contributed by atoms with Crippen molar-refractivity contribution in [2.24, 2.45) is 21.8 Å². The standard InChI is InChI=1S/C18H23ClN4O2/c1-17(2)11-4-6-18(17,3)14(8-11)22-23-15(24)10-21-16(25)13-9-12(19)5-7-20-13/h5,7,9,11H,4,6,8,10H2,1-3H3,(H,21,25)(H,23,24)/b22-14+/t11-,18+/m1/s1. The molecule has 1 heterocycles. The molecule has 0 radical (unpaired) electrons. The first-order valence-electron chi connectivity index (χ1n) is 8.49. The number of nitrogens with one attached hydrogen (secondary N) is 2. The van der Waals surface area contributed by atoms with Gasteiger partial charge in [-0.15, -0.1) is 0 Å². The number of hydrogen-bond donors (Lipinski definition) is 2. The summed E-state index contributed by atoms with van der Waals surface area (Å²) in [5.41, 5.74) is 4.07. The van der Waals surface area contributed by atoms with Crippen LogP contribution in [0, 0.1) is 16.7 Å². The Morgan fingerprint density at radius 2 is 2.16 bits per heavy atom. The Balaban J connectivity index is 1.55. The molecule has 7 heteroatoms. The van der Waals surface area contributed by atoms with Crippen molar-refractivity contribution in [2.75, 3.05) is 6.54 Å². The van der Waals surface area contributed by atoms with Crippen LogP contribution < -0.4 is 10.7 Å². The topological polar surface area (TPSA) is 83.5 Å². The van der Waals surface area contributed by atoms with Gasteiger partial charge in [0.1, 0.15) is 5.69 Å². The normalized spacial score (nSPS) is 28.2. The van der Waals surface area contributed by atoms with Crippen LogP contribution in [0.2, 0.25) is 5.02 Å². The lowest BCUT2D eigenvalue weighted by Gasteiger charge is -2.34. The maximum atomic E-state index is 12.0. The van der Waals surface area contributed by atoms with Gasteiger partial charge in [0, 0.05) is 22.3 Å². The third-order valence-electron chi connectivity index (χ3n) is 6.19. The number of pyridine rings is 1. The van der Waals surface area contributed by atoms with Crippen LogP contribution in [0.5, 0.6) is 0 Å². The van der Waals surface area contributed by atoms with Gasteiger partial charge in [0.25, 0.3) is 11.8 Å². The second-order valence-corrected chi connectivity index (χ2v) is 8.07. The molecule has 2 aliphatic carbocycles. The fourth-order valence-electron chi connectivity index (χ4n) is 4.05. The minimum Gasteiger partial charge on any atom is -0.342 e. The van der Waals surface area contributed by atoms with E-state index in [2.05, 4.69) is 41.6 Å². The molecule has 2 bridgehead atoms. The number of carbonyl (C=O) groups is 2. The number of rotatable bonds is 4. The highest BCUT2D eigenvalue weighted by Gasteiger charge is 2.59. The van der Waals surface area contributed by atoms with Gasteiger partial charge in [-0.05, 0) is 42.7 Å². The Morgan fingerprint density at radius 3 is 2.76 bits per heavy atom. The summed E-state index contributed by atoms with van der Waals surface area (Å²) in [4.78, 5) is 27.9. The van der Waals surface area contributed by atoms with Gasteiger partial charge >= 0.3 is 0 Å². The van der Waals surface area contributed by atoms with Crippen LogP contribution in [-0.4, -0.2) is 29.1 Å². The summed E-state index contributed by atoms with van der Waals surface area (Å²) in [6, 6.07) is 3.03. The van der Waals surface area contributed by atoms with Crippen molar-refractivity contribution in [3.05, 3.63) is 29.0 Å². The van der Waals surface area contributed by atoms with Gasteiger partial charge in [0.15, 0.2) is 0 Å². The van der Waals surface area contributed by atoms with E-state index in [1.807, 2.05) is 0 Å². The lowest BCUT2D eigenvalue weighted by atomic mass is 9.70. The summed E-state index contributed by atoms with van der Waals surface area (Å²) in [6.07, 6.45) is 4.71. The largest absolute Gasteiger partial charge is 0.342 e. The average molecular weight is 363 g/mol. The van der Waals surface area contributed by atoms with Crippen LogP contribution in [0.25, 0.3) is 0 Å². The van der Waals surface area contributed by atoms with E-state index in [4.69, 9.17) is 11.6 Å². The fourth-order valence-corrected chi connectivity index (χ4v) is 4.21. The highest BCUT2D eigenvalue weighted by molar-refractivity contribution is 6.30. The third-order valence-corrected chi connectivity index (χ3v) is 6.43. The lowest BCUT2D eigenvalue weighted by molar-refractivity contribution is -0.120. The summed E-state index contributed by atoms with van der Waals surface area (Å²) < 4.78 is 0. The number of nitrogens with zero attached hydrogens (tertiary/aromatic N) is 2. The van der Waals surface area contributed by atoms with E-state index in [9.17, 15) is 9.59 Å². The monoisotopic (exact) mass is 362 g/mol. The second kappa shape index (κ2) is 6.41. The number of aromatic nitrogens is 1. The van der Waals surface area contributed by atoms with Crippen LogP contribution in [0.1, 0.15) is 50.5 Å². The maximum Gasteiger partial charge on any atom is 0.270 e. The van der Waals surface area contributed by atoms with Crippen molar-refractivity contribution in [1.82, 2.24) is 15.7 Å². The minimum absolute atomic E-state index is 0.0406. The Hall–Kier alpha value is -1.95. The molecular formula is C18H23ClN4O2. The first kappa shape index (κ1) is 17.9.